The first kappa shape index (κ1) is 11.6. The molecule has 0 aliphatic carbocycles. The van der Waals surface area contributed by atoms with Gasteiger partial charge >= 0.3 is 0 Å². The lowest BCUT2D eigenvalue weighted by atomic mass is 9.93. The van der Waals surface area contributed by atoms with E-state index in [2.05, 4.69) is 35.2 Å². The highest BCUT2D eigenvalue weighted by Gasteiger charge is 2.25. The fourth-order valence-corrected chi connectivity index (χ4v) is 2.36. The van der Waals surface area contributed by atoms with Crippen molar-refractivity contribution in [3.63, 3.8) is 0 Å². The molecule has 0 radical (unpaired) electrons. The fraction of sp³-hybridized carbons (Fsp3) is 0.538. The van der Waals surface area contributed by atoms with Crippen molar-refractivity contribution in [2.75, 3.05) is 19.6 Å². The summed E-state index contributed by atoms with van der Waals surface area (Å²) in [7, 11) is 0. The molecule has 3 heteroatoms. The van der Waals surface area contributed by atoms with Crippen molar-refractivity contribution >= 4 is 0 Å². The van der Waals surface area contributed by atoms with Gasteiger partial charge < -0.3 is 11.5 Å². The molecule has 1 aliphatic rings. The highest BCUT2D eigenvalue weighted by atomic mass is 15.1. The second-order valence-corrected chi connectivity index (χ2v) is 4.67. The summed E-state index contributed by atoms with van der Waals surface area (Å²) in [6.07, 6.45) is 1.06. The van der Waals surface area contributed by atoms with Crippen molar-refractivity contribution in [1.29, 1.82) is 0 Å². The number of hydrogen-bond acceptors (Lipinski definition) is 3. The van der Waals surface area contributed by atoms with Crippen LogP contribution in [0.4, 0.5) is 0 Å². The van der Waals surface area contributed by atoms with Crippen LogP contribution in [0.15, 0.2) is 30.3 Å². The third kappa shape index (κ3) is 2.82. The van der Waals surface area contributed by atoms with Crippen LogP contribution in [-0.4, -0.2) is 30.6 Å². The summed E-state index contributed by atoms with van der Waals surface area (Å²) in [5, 5.41) is 0. The van der Waals surface area contributed by atoms with Crippen LogP contribution in [0.25, 0.3) is 0 Å². The first-order valence-electron chi connectivity index (χ1n) is 6.01. The van der Waals surface area contributed by atoms with Gasteiger partial charge in [0, 0.05) is 19.1 Å². The monoisotopic (exact) mass is 219 g/mol. The quantitative estimate of drug-likeness (QED) is 0.790. The zero-order valence-corrected chi connectivity index (χ0v) is 9.68. The van der Waals surface area contributed by atoms with Gasteiger partial charge in [0.25, 0.3) is 0 Å². The highest BCUT2D eigenvalue weighted by Crippen LogP contribution is 2.16. The molecule has 1 heterocycles. The van der Waals surface area contributed by atoms with E-state index in [1.165, 1.54) is 5.56 Å². The van der Waals surface area contributed by atoms with Gasteiger partial charge in [0.2, 0.25) is 0 Å². The zero-order chi connectivity index (χ0) is 11.4. The maximum Gasteiger partial charge on any atom is 0.0233 e. The van der Waals surface area contributed by atoms with E-state index >= 15 is 0 Å². The predicted octanol–water partition coefficient (Wildman–Crippen LogP) is 0.794. The molecule has 0 saturated carbocycles. The largest absolute Gasteiger partial charge is 0.330 e. The Morgan fingerprint density at radius 2 is 2.00 bits per heavy atom. The van der Waals surface area contributed by atoms with Gasteiger partial charge in [0.15, 0.2) is 0 Å². The number of rotatable bonds is 3. The second kappa shape index (κ2) is 5.43. The number of piperidine rings is 1. The molecular formula is C13H21N3. The molecule has 2 atom stereocenters. The summed E-state index contributed by atoms with van der Waals surface area (Å²) < 4.78 is 0. The van der Waals surface area contributed by atoms with E-state index in [1.54, 1.807) is 0 Å². The minimum absolute atomic E-state index is 0.289. The number of benzene rings is 1. The third-order valence-corrected chi connectivity index (χ3v) is 3.43. The van der Waals surface area contributed by atoms with E-state index < -0.39 is 0 Å². The summed E-state index contributed by atoms with van der Waals surface area (Å²) in [5.41, 5.74) is 13.2. The van der Waals surface area contributed by atoms with Crippen molar-refractivity contribution in [2.24, 2.45) is 17.4 Å². The molecule has 0 aromatic heterocycles. The average molecular weight is 219 g/mol. The normalized spacial score (nSPS) is 26.9. The van der Waals surface area contributed by atoms with Gasteiger partial charge in [0.05, 0.1) is 0 Å². The van der Waals surface area contributed by atoms with Gasteiger partial charge in [-0.15, -0.1) is 0 Å². The number of hydrogen-bond donors (Lipinski definition) is 2. The first-order chi connectivity index (χ1) is 7.79. The molecule has 0 amide bonds. The number of nitrogens with zero attached hydrogens (tertiary/aromatic N) is 1. The summed E-state index contributed by atoms with van der Waals surface area (Å²) in [5.74, 6) is 0.456. The molecule has 16 heavy (non-hydrogen) atoms. The van der Waals surface area contributed by atoms with E-state index in [0.29, 0.717) is 12.5 Å². The Labute approximate surface area is 97.4 Å². The summed E-state index contributed by atoms with van der Waals surface area (Å²) >= 11 is 0. The van der Waals surface area contributed by atoms with E-state index in [4.69, 9.17) is 11.5 Å². The van der Waals surface area contributed by atoms with Crippen molar-refractivity contribution in [2.45, 2.75) is 19.0 Å². The third-order valence-electron chi connectivity index (χ3n) is 3.43. The van der Waals surface area contributed by atoms with Crippen LogP contribution in [0.2, 0.25) is 0 Å². The molecule has 0 spiro atoms. The van der Waals surface area contributed by atoms with Crippen LogP contribution in [0.5, 0.6) is 0 Å². The van der Waals surface area contributed by atoms with Crippen molar-refractivity contribution in [1.82, 2.24) is 4.90 Å². The van der Waals surface area contributed by atoms with Gasteiger partial charge in [-0.3, -0.25) is 4.90 Å². The minimum atomic E-state index is 0.289. The number of likely N-dealkylation sites (tertiary alicyclic amines) is 1. The molecule has 1 aromatic carbocycles. The lowest BCUT2D eigenvalue weighted by Gasteiger charge is -2.36. The van der Waals surface area contributed by atoms with Gasteiger partial charge in [-0.05, 0) is 31.0 Å². The predicted molar refractivity (Wildman–Crippen MR) is 66.9 cm³/mol. The Morgan fingerprint density at radius 3 is 2.69 bits per heavy atom. The van der Waals surface area contributed by atoms with Crippen molar-refractivity contribution in [3.8, 4) is 0 Å². The molecule has 1 aromatic rings. The Bertz CT molecular complexity index is 312. The zero-order valence-electron chi connectivity index (χ0n) is 9.68. The highest BCUT2D eigenvalue weighted by molar-refractivity contribution is 5.14. The maximum atomic E-state index is 6.04. The Kier molecular flexibility index (Phi) is 3.93. The van der Waals surface area contributed by atoms with Crippen LogP contribution >= 0.6 is 0 Å². The van der Waals surface area contributed by atoms with Crippen LogP contribution in [-0.2, 0) is 6.54 Å². The summed E-state index contributed by atoms with van der Waals surface area (Å²) in [4.78, 5) is 2.45. The lowest BCUT2D eigenvalue weighted by molar-refractivity contribution is 0.152. The number of nitrogens with two attached hydrogens (primary N) is 2. The Balaban J connectivity index is 1.92. The Hall–Kier alpha value is -0.900. The van der Waals surface area contributed by atoms with E-state index in [1.807, 2.05) is 0 Å². The molecular weight excluding hydrogens is 198 g/mol. The molecule has 88 valence electrons. The van der Waals surface area contributed by atoms with E-state index in [0.717, 1.165) is 26.1 Å². The van der Waals surface area contributed by atoms with Crippen LogP contribution in [0, 0.1) is 5.92 Å². The summed E-state index contributed by atoms with van der Waals surface area (Å²) in [6.45, 7) is 3.84. The molecule has 4 N–H and O–H groups in total. The van der Waals surface area contributed by atoms with Crippen molar-refractivity contribution in [3.05, 3.63) is 35.9 Å². The average Bonchev–Trinajstić information content (AvgIpc) is 2.33. The van der Waals surface area contributed by atoms with Crippen molar-refractivity contribution < 1.29 is 0 Å². The van der Waals surface area contributed by atoms with E-state index in [9.17, 15) is 0 Å². The molecule has 2 rings (SSSR count). The molecule has 0 unspecified atom stereocenters. The fourth-order valence-electron chi connectivity index (χ4n) is 2.36. The standard InChI is InChI=1S/C13H21N3/c14-8-12-10-16(7-6-13(12)15)9-11-4-2-1-3-5-11/h1-5,12-13H,6-10,14-15H2/t12-,13-/m1/s1. The molecule has 0 bridgehead atoms. The van der Waals surface area contributed by atoms with Gasteiger partial charge in [-0.2, -0.15) is 0 Å². The minimum Gasteiger partial charge on any atom is -0.330 e. The Morgan fingerprint density at radius 1 is 1.25 bits per heavy atom. The lowest BCUT2D eigenvalue weighted by Crippen LogP contribution is -2.49. The van der Waals surface area contributed by atoms with Crippen LogP contribution < -0.4 is 11.5 Å². The maximum absolute atomic E-state index is 6.04. The molecule has 1 saturated heterocycles. The van der Waals surface area contributed by atoms with Gasteiger partial charge in [0.1, 0.15) is 0 Å². The molecule has 3 nitrogen and oxygen atoms in total. The smallest absolute Gasteiger partial charge is 0.0233 e. The first-order valence-corrected chi connectivity index (χ1v) is 6.01. The van der Waals surface area contributed by atoms with Gasteiger partial charge in [-0.1, -0.05) is 30.3 Å². The van der Waals surface area contributed by atoms with Crippen LogP contribution in [0.3, 0.4) is 0 Å². The van der Waals surface area contributed by atoms with Gasteiger partial charge in [-0.25, -0.2) is 0 Å². The van der Waals surface area contributed by atoms with E-state index in [-0.39, 0.29) is 6.04 Å². The molecule has 1 fully saturated rings. The van der Waals surface area contributed by atoms with Crippen LogP contribution in [0.1, 0.15) is 12.0 Å². The topological polar surface area (TPSA) is 55.3 Å². The second-order valence-electron chi connectivity index (χ2n) is 4.67. The molecule has 1 aliphatic heterocycles. The summed E-state index contributed by atoms with van der Waals surface area (Å²) in [6, 6.07) is 10.9. The SMILES string of the molecule is NC[C@@H]1CN(Cc2ccccc2)CC[C@H]1N.